The van der Waals surface area contributed by atoms with Crippen LogP contribution in [0.25, 0.3) is 0 Å². The van der Waals surface area contributed by atoms with E-state index in [9.17, 15) is 9.90 Å². The second-order valence-corrected chi connectivity index (χ2v) is 4.27. The maximum atomic E-state index is 11.8. The summed E-state index contributed by atoms with van der Waals surface area (Å²) in [5.41, 5.74) is 0.372. The average molecular weight is 236 g/mol. The molecule has 0 spiro atoms. The number of carbonyl (C=O) groups is 1. The van der Waals surface area contributed by atoms with Gasteiger partial charge in [-0.05, 0) is 19.4 Å². The largest absolute Gasteiger partial charge is 0.506 e. The minimum atomic E-state index is -0.215. The van der Waals surface area contributed by atoms with Gasteiger partial charge in [-0.1, -0.05) is 0 Å². The van der Waals surface area contributed by atoms with Crippen molar-refractivity contribution in [2.24, 2.45) is 5.92 Å². The van der Waals surface area contributed by atoms with E-state index in [2.05, 4.69) is 10.3 Å². The van der Waals surface area contributed by atoms with Crippen LogP contribution in [-0.2, 0) is 4.74 Å². The molecule has 1 amide bonds. The molecule has 2 heterocycles. The molecule has 1 aliphatic rings. The smallest absolute Gasteiger partial charge is 0.252 e. The van der Waals surface area contributed by atoms with Crippen LogP contribution < -0.4 is 5.32 Å². The van der Waals surface area contributed by atoms with E-state index in [1.54, 1.807) is 0 Å². The lowest BCUT2D eigenvalue weighted by Crippen LogP contribution is -2.31. The summed E-state index contributed by atoms with van der Waals surface area (Å²) in [5.74, 6) is 0.145. The van der Waals surface area contributed by atoms with Crippen LogP contribution in [-0.4, -0.2) is 35.3 Å². The van der Waals surface area contributed by atoms with Crippen LogP contribution >= 0.6 is 0 Å². The zero-order valence-electron chi connectivity index (χ0n) is 9.72. The summed E-state index contributed by atoms with van der Waals surface area (Å²) in [7, 11) is 0. The molecule has 2 rings (SSSR count). The molecule has 1 aliphatic heterocycles. The SMILES string of the molecule is CC1OCCC1CNC(=O)c1cncc(O)c1. The molecular formula is C12H16N2O3. The van der Waals surface area contributed by atoms with Gasteiger partial charge in [0.2, 0.25) is 0 Å². The Bertz CT molecular complexity index is 408. The second-order valence-electron chi connectivity index (χ2n) is 4.27. The van der Waals surface area contributed by atoms with Crippen molar-refractivity contribution in [2.45, 2.75) is 19.4 Å². The lowest BCUT2D eigenvalue weighted by atomic mass is 10.0. The predicted molar refractivity (Wildman–Crippen MR) is 61.8 cm³/mol. The molecule has 0 aromatic carbocycles. The Morgan fingerprint density at radius 1 is 1.65 bits per heavy atom. The molecule has 0 saturated carbocycles. The fourth-order valence-corrected chi connectivity index (χ4v) is 1.92. The summed E-state index contributed by atoms with van der Waals surface area (Å²) in [6.45, 7) is 3.37. The Labute approximate surface area is 99.8 Å². The molecule has 0 bridgehead atoms. The highest BCUT2D eigenvalue weighted by Crippen LogP contribution is 2.19. The van der Waals surface area contributed by atoms with Crippen LogP contribution in [0, 0.1) is 5.92 Å². The zero-order chi connectivity index (χ0) is 12.3. The number of ether oxygens (including phenoxy) is 1. The zero-order valence-corrected chi connectivity index (χ0v) is 9.72. The van der Waals surface area contributed by atoms with Gasteiger partial charge in [-0.3, -0.25) is 9.78 Å². The number of rotatable bonds is 3. The maximum absolute atomic E-state index is 11.8. The van der Waals surface area contributed by atoms with E-state index in [1.165, 1.54) is 18.5 Å². The first-order valence-corrected chi connectivity index (χ1v) is 5.70. The Hall–Kier alpha value is -1.62. The quantitative estimate of drug-likeness (QED) is 0.819. The van der Waals surface area contributed by atoms with E-state index >= 15 is 0 Å². The first kappa shape index (κ1) is 11.9. The molecule has 0 aliphatic carbocycles. The van der Waals surface area contributed by atoms with Gasteiger partial charge >= 0.3 is 0 Å². The van der Waals surface area contributed by atoms with Crippen molar-refractivity contribution in [3.05, 3.63) is 24.0 Å². The van der Waals surface area contributed by atoms with Crippen molar-refractivity contribution < 1.29 is 14.6 Å². The number of nitrogens with one attached hydrogen (secondary N) is 1. The van der Waals surface area contributed by atoms with Gasteiger partial charge in [-0.15, -0.1) is 0 Å². The van der Waals surface area contributed by atoms with Gasteiger partial charge < -0.3 is 15.2 Å². The van der Waals surface area contributed by atoms with Crippen LogP contribution in [0.3, 0.4) is 0 Å². The summed E-state index contributed by atoms with van der Waals surface area (Å²) in [5, 5.41) is 12.0. The molecule has 1 aromatic rings. The summed E-state index contributed by atoms with van der Waals surface area (Å²) < 4.78 is 5.42. The summed E-state index contributed by atoms with van der Waals surface area (Å²) >= 11 is 0. The van der Waals surface area contributed by atoms with Crippen molar-refractivity contribution in [1.82, 2.24) is 10.3 Å². The van der Waals surface area contributed by atoms with Gasteiger partial charge in [0.05, 0.1) is 17.9 Å². The molecule has 2 unspecified atom stereocenters. The molecule has 5 nitrogen and oxygen atoms in total. The number of hydrogen-bond donors (Lipinski definition) is 2. The molecule has 5 heteroatoms. The number of nitrogens with zero attached hydrogens (tertiary/aromatic N) is 1. The lowest BCUT2D eigenvalue weighted by molar-refractivity contribution is 0.0906. The third kappa shape index (κ3) is 2.94. The monoisotopic (exact) mass is 236 g/mol. The van der Waals surface area contributed by atoms with Crippen molar-refractivity contribution in [3.63, 3.8) is 0 Å². The third-order valence-electron chi connectivity index (χ3n) is 3.04. The predicted octanol–water partition coefficient (Wildman–Crippen LogP) is 0.942. The van der Waals surface area contributed by atoms with Crippen LogP contribution in [0.4, 0.5) is 0 Å². The molecule has 2 N–H and O–H groups in total. The number of pyridine rings is 1. The standard InChI is InChI=1S/C12H16N2O3/c1-8-9(2-3-17-8)6-14-12(16)10-4-11(15)7-13-5-10/h4-5,7-9,15H,2-3,6H2,1H3,(H,14,16). The van der Waals surface area contributed by atoms with Crippen molar-refractivity contribution in [1.29, 1.82) is 0 Å². The van der Waals surface area contributed by atoms with Crippen LogP contribution in [0.2, 0.25) is 0 Å². The summed E-state index contributed by atoms with van der Waals surface area (Å²) in [4.78, 5) is 15.5. The maximum Gasteiger partial charge on any atom is 0.252 e. The number of carbonyl (C=O) groups excluding carboxylic acids is 1. The highest BCUT2D eigenvalue weighted by Gasteiger charge is 2.24. The molecular weight excluding hydrogens is 220 g/mol. The van der Waals surface area contributed by atoms with E-state index in [0.717, 1.165) is 13.0 Å². The number of aromatic hydroxyl groups is 1. The molecule has 1 aromatic heterocycles. The van der Waals surface area contributed by atoms with Gasteiger partial charge in [0.15, 0.2) is 0 Å². The molecule has 92 valence electrons. The number of hydrogen-bond acceptors (Lipinski definition) is 4. The first-order chi connectivity index (χ1) is 8.16. The van der Waals surface area contributed by atoms with E-state index < -0.39 is 0 Å². The van der Waals surface area contributed by atoms with Crippen LogP contribution in [0.15, 0.2) is 18.5 Å². The highest BCUT2D eigenvalue weighted by molar-refractivity contribution is 5.94. The van der Waals surface area contributed by atoms with Crippen molar-refractivity contribution >= 4 is 5.91 Å². The highest BCUT2D eigenvalue weighted by atomic mass is 16.5. The first-order valence-electron chi connectivity index (χ1n) is 5.70. The van der Waals surface area contributed by atoms with Crippen molar-refractivity contribution in [3.8, 4) is 5.75 Å². The van der Waals surface area contributed by atoms with Gasteiger partial charge in [0.1, 0.15) is 5.75 Å². The number of aromatic nitrogens is 1. The molecule has 1 saturated heterocycles. The Kier molecular flexibility index (Phi) is 3.58. The summed E-state index contributed by atoms with van der Waals surface area (Å²) in [6, 6.07) is 1.40. The average Bonchev–Trinajstić information content (AvgIpc) is 2.72. The van der Waals surface area contributed by atoms with E-state index in [1.807, 2.05) is 6.92 Å². The molecule has 2 atom stereocenters. The second kappa shape index (κ2) is 5.14. The van der Waals surface area contributed by atoms with Crippen LogP contribution in [0.1, 0.15) is 23.7 Å². The van der Waals surface area contributed by atoms with E-state index in [0.29, 0.717) is 18.0 Å². The summed E-state index contributed by atoms with van der Waals surface area (Å²) in [6.07, 6.45) is 3.89. The van der Waals surface area contributed by atoms with Gasteiger partial charge in [-0.2, -0.15) is 0 Å². The Morgan fingerprint density at radius 3 is 3.12 bits per heavy atom. The van der Waals surface area contributed by atoms with Crippen LogP contribution in [0.5, 0.6) is 5.75 Å². The lowest BCUT2D eigenvalue weighted by Gasteiger charge is -2.14. The molecule has 17 heavy (non-hydrogen) atoms. The third-order valence-corrected chi connectivity index (χ3v) is 3.04. The number of amides is 1. The molecule has 0 radical (unpaired) electrons. The minimum absolute atomic E-state index is 0.00443. The fourth-order valence-electron chi connectivity index (χ4n) is 1.92. The van der Waals surface area contributed by atoms with Crippen molar-refractivity contribution in [2.75, 3.05) is 13.2 Å². The Morgan fingerprint density at radius 2 is 2.47 bits per heavy atom. The van der Waals surface area contributed by atoms with E-state index in [-0.39, 0.29) is 17.8 Å². The fraction of sp³-hybridized carbons (Fsp3) is 0.500. The Balaban J connectivity index is 1.89. The van der Waals surface area contributed by atoms with Gasteiger partial charge in [-0.25, -0.2) is 0 Å². The van der Waals surface area contributed by atoms with Gasteiger partial charge in [0, 0.05) is 25.3 Å². The normalized spacial score (nSPS) is 23.6. The minimum Gasteiger partial charge on any atom is -0.506 e. The van der Waals surface area contributed by atoms with E-state index in [4.69, 9.17) is 4.74 Å². The topological polar surface area (TPSA) is 71.5 Å². The van der Waals surface area contributed by atoms with Gasteiger partial charge in [0.25, 0.3) is 5.91 Å². The molecule has 1 fully saturated rings.